The minimum atomic E-state index is -0.664. The van der Waals surface area contributed by atoms with Gasteiger partial charge in [0.05, 0.1) is 17.4 Å². The Morgan fingerprint density at radius 2 is 1.71 bits per heavy atom. The number of carbonyl (C=O) groups is 2. The van der Waals surface area contributed by atoms with Gasteiger partial charge in [0, 0.05) is 22.7 Å². The number of nitrogens with one attached hydrogen (secondary N) is 1. The maximum Gasteiger partial charge on any atom is 0.332 e. The molecule has 1 aromatic heterocycles. The second-order valence-electron chi connectivity index (χ2n) is 10.9. The van der Waals surface area contributed by atoms with Crippen LogP contribution in [-0.4, -0.2) is 27.6 Å². The second-order valence-corrected chi connectivity index (χ2v) is 11.3. The molecule has 216 valence electrons. The quantitative estimate of drug-likeness (QED) is 0.277. The SMILES string of the molecule is O=C(Cn1c(=O)n(Cc2ccc3c(c2)OCO3)c(=O)c2ccc(C(=O)CC3CCCCC3)cc21)Nc1cccc(Cl)c1. The van der Waals surface area contributed by atoms with Gasteiger partial charge in [0.15, 0.2) is 17.3 Å². The van der Waals surface area contributed by atoms with Crippen molar-refractivity contribution in [3.8, 4) is 11.5 Å². The van der Waals surface area contributed by atoms with Crippen molar-refractivity contribution in [2.75, 3.05) is 12.1 Å². The van der Waals surface area contributed by atoms with Gasteiger partial charge in [0.25, 0.3) is 5.56 Å². The number of rotatable bonds is 8. The fraction of sp³-hybridized carbons (Fsp3) is 0.312. The number of ether oxygens (including phenoxy) is 2. The molecule has 3 aromatic carbocycles. The highest BCUT2D eigenvalue weighted by molar-refractivity contribution is 6.30. The lowest BCUT2D eigenvalue weighted by atomic mass is 9.85. The van der Waals surface area contributed by atoms with Gasteiger partial charge < -0.3 is 14.8 Å². The van der Waals surface area contributed by atoms with E-state index in [1.807, 2.05) is 0 Å². The summed E-state index contributed by atoms with van der Waals surface area (Å²) in [4.78, 5) is 53.9. The molecule has 0 radical (unpaired) electrons. The first-order valence-electron chi connectivity index (χ1n) is 14.1. The number of aromatic nitrogens is 2. The molecule has 0 bridgehead atoms. The minimum absolute atomic E-state index is 0.0317. The number of hydrogen-bond donors (Lipinski definition) is 1. The summed E-state index contributed by atoms with van der Waals surface area (Å²) in [6.07, 6.45) is 5.92. The van der Waals surface area contributed by atoms with Crippen LogP contribution in [0.25, 0.3) is 10.9 Å². The number of amides is 1. The molecule has 1 aliphatic heterocycles. The molecule has 1 saturated carbocycles. The lowest BCUT2D eigenvalue weighted by molar-refractivity contribution is -0.116. The van der Waals surface area contributed by atoms with Gasteiger partial charge in [-0.3, -0.25) is 23.5 Å². The van der Waals surface area contributed by atoms with Crippen molar-refractivity contribution in [3.63, 3.8) is 0 Å². The molecule has 0 spiro atoms. The Bertz CT molecular complexity index is 1800. The normalized spacial score (nSPS) is 14.7. The van der Waals surface area contributed by atoms with Gasteiger partial charge in [-0.1, -0.05) is 61.9 Å². The Morgan fingerprint density at radius 1 is 0.905 bits per heavy atom. The first kappa shape index (κ1) is 27.8. The van der Waals surface area contributed by atoms with E-state index >= 15 is 0 Å². The van der Waals surface area contributed by atoms with E-state index in [-0.39, 0.29) is 36.6 Å². The highest BCUT2D eigenvalue weighted by Gasteiger charge is 2.22. The van der Waals surface area contributed by atoms with Gasteiger partial charge in [-0.15, -0.1) is 0 Å². The number of benzene rings is 3. The molecule has 1 N–H and O–H groups in total. The van der Waals surface area contributed by atoms with Crippen LogP contribution in [-0.2, 0) is 17.9 Å². The zero-order valence-electron chi connectivity index (χ0n) is 22.9. The molecule has 0 atom stereocenters. The number of carbonyl (C=O) groups excluding carboxylic acids is 2. The number of nitrogens with zero attached hydrogens (tertiary/aromatic N) is 2. The number of hydrogen-bond acceptors (Lipinski definition) is 6. The van der Waals surface area contributed by atoms with E-state index in [1.165, 1.54) is 11.0 Å². The van der Waals surface area contributed by atoms with Crippen LogP contribution < -0.4 is 26.0 Å². The molecule has 1 fully saturated rings. The van der Waals surface area contributed by atoms with Crippen molar-refractivity contribution in [2.45, 2.75) is 51.6 Å². The van der Waals surface area contributed by atoms with Gasteiger partial charge in [-0.2, -0.15) is 0 Å². The summed E-state index contributed by atoms with van der Waals surface area (Å²) < 4.78 is 13.2. The highest BCUT2D eigenvalue weighted by atomic mass is 35.5. The first-order valence-corrected chi connectivity index (χ1v) is 14.5. The minimum Gasteiger partial charge on any atom is -0.454 e. The summed E-state index contributed by atoms with van der Waals surface area (Å²) in [5, 5.41) is 3.45. The van der Waals surface area contributed by atoms with Crippen LogP contribution in [0.3, 0.4) is 0 Å². The Morgan fingerprint density at radius 3 is 2.52 bits per heavy atom. The van der Waals surface area contributed by atoms with Gasteiger partial charge >= 0.3 is 5.69 Å². The summed E-state index contributed by atoms with van der Waals surface area (Å²) in [7, 11) is 0. The summed E-state index contributed by atoms with van der Waals surface area (Å²) in [6, 6.07) is 16.7. The van der Waals surface area contributed by atoms with E-state index in [1.54, 1.807) is 60.7 Å². The summed E-state index contributed by atoms with van der Waals surface area (Å²) in [5.74, 6) is 0.944. The Hall–Kier alpha value is -4.37. The Kier molecular flexibility index (Phi) is 7.84. The Labute approximate surface area is 246 Å². The predicted octanol–water partition coefficient (Wildman–Crippen LogP) is 5.39. The number of ketones is 1. The van der Waals surface area contributed by atoms with E-state index in [0.29, 0.717) is 45.7 Å². The molecule has 1 aliphatic carbocycles. The fourth-order valence-corrected chi connectivity index (χ4v) is 5.98. The zero-order valence-corrected chi connectivity index (χ0v) is 23.7. The fourth-order valence-electron chi connectivity index (χ4n) is 5.79. The number of anilines is 1. The smallest absolute Gasteiger partial charge is 0.332 e. The van der Waals surface area contributed by atoms with E-state index in [4.69, 9.17) is 21.1 Å². The van der Waals surface area contributed by atoms with Gasteiger partial charge in [-0.05, 0) is 53.9 Å². The van der Waals surface area contributed by atoms with Crippen molar-refractivity contribution in [1.82, 2.24) is 9.13 Å². The molecule has 0 saturated heterocycles. The molecule has 1 amide bonds. The Balaban J connectivity index is 1.39. The third kappa shape index (κ3) is 5.83. The molecular formula is C32H30ClN3O6. The zero-order chi connectivity index (χ0) is 29.2. The van der Waals surface area contributed by atoms with Crippen molar-refractivity contribution < 1.29 is 19.1 Å². The molecule has 4 aromatic rings. The monoisotopic (exact) mass is 587 g/mol. The molecule has 9 nitrogen and oxygen atoms in total. The standard InChI is InChI=1S/C32H30ClN3O6/c33-23-7-4-8-24(16-23)34-30(38)18-35-26-15-22(27(37)13-20-5-2-1-3-6-20)10-11-25(26)31(39)36(32(35)40)17-21-9-12-28-29(14-21)42-19-41-28/h4,7-12,14-16,20H,1-3,5-6,13,17-19H2,(H,34,38). The number of fused-ring (bicyclic) bond motifs is 2. The molecule has 10 heteroatoms. The maximum atomic E-state index is 13.9. The summed E-state index contributed by atoms with van der Waals surface area (Å²) >= 11 is 6.07. The largest absolute Gasteiger partial charge is 0.454 e. The first-order chi connectivity index (χ1) is 20.4. The van der Waals surface area contributed by atoms with E-state index < -0.39 is 17.2 Å². The van der Waals surface area contributed by atoms with E-state index in [9.17, 15) is 19.2 Å². The number of Topliss-reactive ketones (excluding diaryl/α,β-unsaturated/α-hetero) is 1. The van der Waals surface area contributed by atoms with Crippen LogP contribution >= 0.6 is 11.6 Å². The van der Waals surface area contributed by atoms with E-state index in [0.717, 1.165) is 30.3 Å². The van der Waals surface area contributed by atoms with Crippen LogP contribution in [0.2, 0.25) is 5.02 Å². The number of halogens is 1. The van der Waals surface area contributed by atoms with Gasteiger partial charge in [0.1, 0.15) is 6.54 Å². The molecule has 6 rings (SSSR count). The van der Waals surface area contributed by atoms with Crippen molar-refractivity contribution >= 4 is 39.9 Å². The highest BCUT2D eigenvalue weighted by Crippen LogP contribution is 2.32. The molecular weight excluding hydrogens is 558 g/mol. The van der Waals surface area contributed by atoms with Crippen molar-refractivity contribution in [1.29, 1.82) is 0 Å². The average molecular weight is 588 g/mol. The second kappa shape index (κ2) is 11.9. The predicted molar refractivity (Wildman–Crippen MR) is 160 cm³/mol. The van der Waals surface area contributed by atoms with Crippen LogP contribution in [0.15, 0.2) is 70.3 Å². The van der Waals surface area contributed by atoms with Crippen molar-refractivity contribution in [3.05, 3.63) is 97.7 Å². The third-order valence-electron chi connectivity index (χ3n) is 7.93. The molecule has 0 unspecified atom stereocenters. The lowest BCUT2D eigenvalue weighted by Crippen LogP contribution is -2.42. The van der Waals surface area contributed by atoms with Crippen LogP contribution in [0.5, 0.6) is 11.5 Å². The van der Waals surface area contributed by atoms with Gasteiger partial charge in [-0.25, -0.2) is 4.79 Å². The summed E-state index contributed by atoms with van der Waals surface area (Å²) in [5.41, 5.74) is 0.620. The van der Waals surface area contributed by atoms with Gasteiger partial charge in [0.2, 0.25) is 12.7 Å². The lowest BCUT2D eigenvalue weighted by Gasteiger charge is -2.21. The van der Waals surface area contributed by atoms with Crippen LogP contribution in [0.4, 0.5) is 5.69 Å². The van der Waals surface area contributed by atoms with E-state index in [2.05, 4.69) is 5.32 Å². The average Bonchev–Trinajstić information content (AvgIpc) is 3.46. The third-order valence-corrected chi connectivity index (χ3v) is 8.17. The molecule has 2 heterocycles. The van der Waals surface area contributed by atoms with Crippen LogP contribution in [0.1, 0.15) is 54.4 Å². The molecule has 2 aliphatic rings. The van der Waals surface area contributed by atoms with Crippen molar-refractivity contribution in [2.24, 2.45) is 5.92 Å². The maximum absolute atomic E-state index is 13.9. The summed E-state index contributed by atoms with van der Waals surface area (Å²) in [6.45, 7) is -0.308. The molecule has 42 heavy (non-hydrogen) atoms. The topological polar surface area (TPSA) is 109 Å². The van der Waals surface area contributed by atoms with Crippen LogP contribution in [0, 0.1) is 5.92 Å².